The van der Waals surface area contributed by atoms with E-state index in [4.69, 9.17) is 10.5 Å². The van der Waals surface area contributed by atoms with Crippen molar-refractivity contribution in [3.63, 3.8) is 0 Å². The fourth-order valence-electron chi connectivity index (χ4n) is 1.66. The smallest absolute Gasteiger partial charge is 0.120 e. The zero-order valence-electron chi connectivity index (χ0n) is 11.0. The highest BCUT2D eigenvalue weighted by Gasteiger charge is 2.11. The van der Waals surface area contributed by atoms with Gasteiger partial charge in [0.25, 0.3) is 0 Å². The number of hydrogen-bond acceptors (Lipinski definition) is 3. The third-order valence-electron chi connectivity index (χ3n) is 2.42. The predicted molar refractivity (Wildman–Crippen MR) is 72.3 cm³/mol. The van der Waals surface area contributed by atoms with Gasteiger partial charge in [-0.25, -0.2) is 0 Å². The van der Waals surface area contributed by atoms with Gasteiger partial charge in [-0.3, -0.25) is 5.10 Å². The first kappa shape index (κ1) is 12.6. The van der Waals surface area contributed by atoms with Crippen molar-refractivity contribution in [2.45, 2.75) is 32.9 Å². The quantitative estimate of drug-likeness (QED) is 0.873. The molecule has 1 aromatic carbocycles. The van der Waals surface area contributed by atoms with Gasteiger partial charge >= 0.3 is 0 Å². The van der Waals surface area contributed by atoms with Crippen LogP contribution in [0.25, 0.3) is 11.3 Å². The van der Waals surface area contributed by atoms with Gasteiger partial charge in [0.2, 0.25) is 0 Å². The number of rotatable bonds is 3. The minimum atomic E-state index is -0.180. The summed E-state index contributed by atoms with van der Waals surface area (Å²) in [5.41, 5.74) is 8.24. The summed E-state index contributed by atoms with van der Waals surface area (Å²) in [6.07, 6.45) is 0. The van der Waals surface area contributed by atoms with Gasteiger partial charge < -0.3 is 10.5 Å². The molecule has 1 heterocycles. The Labute approximate surface area is 107 Å². The molecule has 0 aliphatic carbocycles. The molecule has 0 amide bonds. The van der Waals surface area contributed by atoms with Crippen LogP contribution in [0.3, 0.4) is 0 Å². The van der Waals surface area contributed by atoms with Crippen molar-refractivity contribution in [1.82, 2.24) is 10.2 Å². The van der Waals surface area contributed by atoms with E-state index < -0.39 is 0 Å². The maximum absolute atomic E-state index is 5.77. The molecule has 0 aliphatic heterocycles. The highest BCUT2D eigenvalue weighted by Crippen LogP contribution is 2.23. The van der Waals surface area contributed by atoms with Crippen LogP contribution < -0.4 is 10.5 Å². The summed E-state index contributed by atoms with van der Waals surface area (Å²) < 4.78 is 5.77. The number of nitrogens with two attached hydrogens (primary N) is 1. The van der Waals surface area contributed by atoms with Crippen LogP contribution in [0.4, 0.5) is 0 Å². The van der Waals surface area contributed by atoms with Crippen molar-refractivity contribution in [2.75, 3.05) is 0 Å². The summed E-state index contributed by atoms with van der Waals surface area (Å²) in [5, 5.41) is 7.12. The molecule has 0 atom stereocenters. The van der Waals surface area contributed by atoms with Crippen LogP contribution in [0.1, 0.15) is 26.5 Å². The van der Waals surface area contributed by atoms with Gasteiger partial charge in [0, 0.05) is 17.8 Å². The van der Waals surface area contributed by atoms with Crippen LogP contribution in [-0.2, 0) is 6.54 Å². The molecule has 1 aromatic heterocycles. The van der Waals surface area contributed by atoms with E-state index in [2.05, 4.69) is 10.2 Å². The number of nitrogens with one attached hydrogen (secondary N) is 1. The zero-order chi connectivity index (χ0) is 13.2. The first-order valence-corrected chi connectivity index (χ1v) is 6.02. The Bertz CT molecular complexity index is 509. The van der Waals surface area contributed by atoms with Gasteiger partial charge in [-0.1, -0.05) is 0 Å². The number of H-pyrrole nitrogens is 1. The molecule has 3 N–H and O–H groups in total. The molecule has 0 fully saturated rings. The standard InChI is InChI=1S/C14H19N3O/c1-14(2,3)18-12-6-4-10(5-7-12)13-8-11(9-15)16-17-13/h4-8H,9,15H2,1-3H3,(H,16,17). The molecule has 0 aliphatic rings. The van der Waals surface area contributed by atoms with E-state index in [1.807, 2.05) is 51.1 Å². The zero-order valence-corrected chi connectivity index (χ0v) is 11.0. The lowest BCUT2D eigenvalue weighted by molar-refractivity contribution is 0.131. The van der Waals surface area contributed by atoms with Gasteiger partial charge in [-0.05, 0) is 51.1 Å². The van der Waals surface area contributed by atoms with E-state index in [0.29, 0.717) is 6.54 Å². The van der Waals surface area contributed by atoms with E-state index in [0.717, 1.165) is 22.7 Å². The second-order valence-corrected chi connectivity index (χ2v) is 5.22. The Kier molecular flexibility index (Phi) is 3.39. The number of hydrogen-bond donors (Lipinski definition) is 2. The van der Waals surface area contributed by atoms with E-state index in [1.54, 1.807) is 0 Å². The third-order valence-corrected chi connectivity index (χ3v) is 2.42. The number of aromatic nitrogens is 2. The number of benzene rings is 1. The molecular weight excluding hydrogens is 226 g/mol. The molecule has 0 radical (unpaired) electrons. The van der Waals surface area contributed by atoms with Gasteiger partial charge in [-0.2, -0.15) is 5.10 Å². The minimum absolute atomic E-state index is 0.180. The van der Waals surface area contributed by atoms with E-state index in [1.165, 1.54) is 0 Å². The van der Waals surface area contributed by atoms with Gasteiger partial charge in [-0.15, -0.1) is 0 Å². The number of aromatic amines is 1. The maximum Gasteiger partial charge on any atom is 0.120 e. The van der Waals surface area contributed by atoms with Crippen LogP contribution in [0.2, 0.25) is 0 Å². The summed E-state index contributed by atoms with van der Waals surface area (Å²) in [5.74, 6) is 0.862. The molecule has 0 spiro atoms. The second kappa shape index (κ2) is 4.82. The Morgan fingerprint density at radius 3 is 2.39 bits per heavy atom. The summed E-state index contributed by atoms with van der Waals surface area (Å²) >= 11 is 0. The van der Waals surface area contributed by atoms with Crippen LogP contribution in [-0.4, -0.2) is 15.8 Å². The fraction of sp³-hybridized carbons (Fsp3) is 0.357. The Balaban J connectivity index is 2.17. The van der Waals surface area contributed by atoms with E-state index >= 15 is 0 Å². The highest BCUT2D eigenvalue weighted by atomic mass is 16.5. The molecule has 4 nitrogen and oxygen atoms in total. The van der Waals surface area contributed by atoms with Crippen molar-refractivity contribution >= 4 is 0 Å². The molecule has 18 heavy (non-hydrogen) atoms. The van der Waals surface area contributed by atoms with Crippen molar-refractivity contribution < 1.29 is 4.74 Å². The second-order valence-electron chi connectivity index (χ2n) is 5.22. The predicted octanol–water partition coefficient (Wildman–Crippen LogP) is 2.71. The molecule has 2 rings (SSSR count). The summed E-state index contributed by atoms with van der Waals surface area (Å²) in [6, 6.07) is 9.86. The fourth-order valence-corrected chi connectivity index (χ4v) is 1.66. The molecule has 2 aromatic rings. The third kappa shape index (κ3) is 3.11. The monoisotopic (exact) mass is 245 g/mol. The number of ether oxygens (including phenoxy) is 1. The van der Waals surface area contributed by atoms with Crippen molar-refractivity contribution in [3.05, 3.63) is 36.0 Å². The van der Waals surface area contributed by atoms with E-state index in [-0.39, 0.29) is 5.60 Å². The maximum atomic E-state index is 5.77. The largest absolute Gasteiger partial charge is 0.488 e. The summed E-state index contributed by atoms with van der Waals surface area (Å²) in [4.78, 5) is 0. The molecule has 96 valence electrons. The average Bonchev–Trinajstić information content (AvgIpc) is 2.76. The number of nitrogens with zero attached hydrogens (tertiary/aromatic N) is 1. The van der Waals surface area contributed by atoms with Crippen LogP contribution >= 0.6 is 0 Å². The summed E-state index contributed by atoms with van der Waals surface area (Å²) in [6.45, 7) is 6.56. The molecule has 0 bridgehead atoms. The minimum Gasteiger partial charge on any atom is -0.488 e. The van der Waals surface area contributed by atoms with Gasteiger partial charge in [0.15, 0.2) is 0 Å². The summed E-state index contributed by atoms with van der Waals surface area (Å²) in [7, 11) is 0. The lowest BCUT2D eigenvalue weighted by atomic mass is 10.1. The van der Waals surface area contributed by atoms with Crippen LogP contribution in [0, 0.1) is 0 Å². The Morgan fingerprint density at radius 1 is 1.22 bits per heavy atom. The average molecular weight is 245 g/mol. The van der Waals surface area contributed by atoms with E-state index in [9.17, 15) is 0 Å². The van der Waals surface area contributed by atoms with Crippen LogP contribution in [0.5, 0.6) is 5.75 Å². The molecule has 0 saturated heterocycles. The normalized spacial score (nSPS) is 11.6. The first-order chi connectivity index (χ1) is 8.48. The van der Waals surface area contributed by atoms with Gasteiger partial charge in [0.05, 0.1) is 5.69 Å². The molecule has 0 saturated carbocycles. The van der Waals surface area contributed by atoms with Gasteiger partial charge in [0.1, 0.15) is 11.4 Å². The topological polar surface area (TPSA) is 63.9 Å². The molecule has 0 unspecified atom stereocenters. The van der Waals surface area contributed by atoms with Crippen molar-refractivity contribution in [3.8, 4) is 17.0 Å². The SMILES string of the molecule is CC(C)(C)Oc1ccc(-c2cc(CN)[nH]n2)cc1. The molecule has 4 heteroatoms. The van der Waals surface area contributed by atoms with Crippen molar-refractivity contribution in [1.29, 1.82) is 0 Å². The van der Waals surface area contributed by atoms with Crippen molar-refractivity contribution in [2.24, 2.45) is 5.73 Å². The first-order valence-electron chi connectivity index (χ1n) is 6.02. The Hall–Kier alpha value is -1.81. The van der Waals surface area contributed by atoms with Crippen LogP contribution in [0.15, 0.2) is 30.3 Å². The Morgan fingerprint density at radius 2 is 1.89 bits per heavy atom. The highest BCUT2D eigenvalue weighted by molar-refractivity contribution is 5.60. The lowest BCUT2D eigenvalue weighted by Crippen LogP contribution is -2.22. The molecular formula is C14H19N3O. The lowest BCUT2D eigenvalue weighted by Gasteiger charge is -2.21.